The summed E-state index contributed by atoms with van der Waals surface area (Å²) in [5, 5.41) is -1.15. The zero-order valence-corrected chi connectivity index (χ0v) is 17.1. The van der Waals surface area contributed by atoms with Gasteiger partial charge in [-0.15, -0.1) is 0 Å². The molecule has 2 atom stereocenters. The van der Waals surface area contributed by atoms with Crippen LogP contribution in [-0.4, -0.2) is 37.8 Å². The third-order valence-corrected chi connectivity index (χ3v) is 5.94. The zero-order valence-electron chi connectivity index (χ0n) is 15.6. The number of carbonyl (C=O) groups is 2. The molecule has 1 rings (SSSR count). The molecule has 146 valence electrons. The van der Waals surface area contributed by atoms with Gasteiger partial charge in [-0.1, -0.05) is 18.5 Å². The van der Waals surface area contributed by atoms with E-state index in [1.807, 2.05) is 0 Å². The molecule has 0 N–H and O–H groups in total. The number of benzene rings is 1. The molecule has 0 heterocycles. The minimum atomic E-state index is -4.08. The maximum absolute atomic E-state index is 13.0. The molecule has 0 aromatic heterocycles. The van der Waals surface area contributed by atoms with Crippen molar-refractivity contribution in [3.8, 4) is 0 Å². The summed E-state index contributed by atoms with van der Waals surface area (Å²) in [7, 11) is -4.08. The van der Waals surface area contributed by atoms with Crippen LogP contribution < -0.4 is 0 Å². The molecule has 8 heteroatoms. The summed E-state index contributed by atoms with van der Waals surface area (Å²) in [5.41, 5.74) is 0. The molecule has 0 radical (unpaired) electrons. The van der Waals surface area contributed by atoms with Gasteiger partial charge in [0, 0.05) is 11.4 Å². The molecule has 0 spiro atoms. The number of sulfone groups is 1. The SMILES string of the molecule is CC(C)OC(=O)CC(C)C(C(=O)OC(C)C)S(=O)(=O)c1ccc(Cl)cc1. The van der Waals surface area contributed by atoms with Gasteiger partial charge in [0.1, 0.15) is 0 Å². The monoisotopic (exact) mass is 404 g/mol. The standard InChI is InChI=1S/C18H25ClO6S/c1-11(2)24-16(20)10-13(5)17(18(21)25-12(3)4)26(22,23)15-8-6-14(19)7-9-15/h6-9,11-13,17H,10H2,1-5H3. The molecule has 26 heavy (non-hydrogen) atoms. The Balaban J connectivity index is 3.21. The van der Waals surface area contributed by atoms with Crippen molar-refractivity contribution in [1.82, 2.24) is 0 Å². The van der Waals surface area contributed by atoms with Crippen LogP contribution in [0.3, 0.4) is 0 Å². The highest BCUT2D eigenvalue weighted by molar-refractivity contribution is 7.92. The predicted octanol–water partition coefficient (Wildman–Crippen LogP) is 3.41. The van der Waals surface area contributed by atoms with Crippen LogP contribution >= 0.6 is 11.6 Å². The van der Waals surface area contributed by atoms with E-state index in [4.69, 9.17) is 21.1 Å². The lowest BCUT2D eigenvalue weighted by Gasteiger charge is -2.23. The van der Waals surface area contributed by atoms with Gasteiger partial charge in [-0.3, -0.25) is 9.59 Å². The van der Waals surface area contributed by atoms with E-state index in [0.29, 0.717) is 5.02 Å². The number of esters is 2. The van der Waals surface area contributed by atoms with Gasteiger partial charge < -0.3 is 9.47 Å². The summed E-state index contributed by atoms with van der Waals surface area (Å²) in [5.74, 6) is -2.28. The van der Waals surface area contributed by atoms with Gasteiger partial charge in [-0.05, 0) is 57.9 Å². The smallest absolute Gasteiger partial charge is 0.325 e. The van der Waals surface area contributed by atoms with Crippen molar-refractivity contribution in [2.45, 2.75) is 63.4 Å². The maximum atomic E-state index is 13.0. The fourth-order valence-corrected chi connectivity index (χ4v) is 4.37. The summed E-state index contributed by atoms with van der Waals surface area (Å²) < 4.78 is 36.2. The minimum absolute atomic E-state index is 0.0586. The van der Waals surface area contributed by atoms with E-state index in [-0.39, 0.29) is 17.4 Å². The second kappa shape index (κ2) is 9.37. The van der Waals surface area contributed by atoms with Gasteiger partial charge in [0.15, 0.2) is 15.1 Å². The van der Waals surface area contributed by atoms with Crippen LogP contribution in [0.2, 0.25) is 5.02 Å². The van der Waals surface area contributed by atoms with Crippen LogP contribution in [0.15, 0.2) is 29.2 Å². The van der Waals surface area contributed by atoms with Crippen molar-refractivity contribution in [1.29, 1.82) is 0 Å². The highest BCUT2D eigenvalue weighted by Crippen LogP contribution is 2.27. The summed E-state index contributed by atoms with van der Waals surface area (Å²) in [6.07, 6.45) is -1.04. The number of ether oxygens (including phenoxy) is 2. The first-order chi connectivity index (χ1) is 11.9. The van der Waals surface area contributed by atoms with E-state index in [1.54, 1.807) is 27.7 Å². The summed E-state index contributed by atoms with van der Waals surface area (Å²) in [6.45, 7) is 8.15. The van der Waals surface area contributed by atoms with Crippen molar-refractivity contribution >= 4 is 33.4 Å². The van der Waals surface area contributed by atoms with E-state index < -0.39 is 39.0 Å². The van der Waals surface area contributed by atoms with Crippen LogP contribution in [-0.2, 0) is 28.9 Å². The average Bonchev–Trinajstić information content (AvgIpc) is 2.45. The first-order valence-electron chi connectivity index (χ1n) is 8.34. The molecule has 6 nitrogen and oxygen atoms in total. The maximum Gasteiger partial charge on any atom is 0.325 e. The third kappa shape index (κ3) is 6.29. The van der Waals surface area contributed by atoms with E-state index >= 15 is 0 Å². The van der Waals surface area contributed by atoms with Crippen molar-refractivity contribution in [3.63, 3.8) is 0 Å². The fourth-order valence-electron chi connectivity index (χ4n) is 2.42. The van der Waals surface area contributed by atoms with Crippen LogP contribution in [0.25, 0.3) is 0 Å². The molecule has 0 bridgehead atoms. The lowest BCUT2D eigenvalue weighted by molar-refractivity contribution is -0.150. The van der Waals surface area contributed by atoms with Gasteiger partial charge in [-0.2, -0.15) is 0 Å². The number of halogens is 1. The Bertz CT molecular complexity index is 725. The van der Waals surface area contributed by atoms with Crippen LogP contribution in [0.4, 0.5) is 0 Å². The summed E-state index contributed by atoms with van der Waals surface area (Å²) >= 11 is 5.80. The highest BCUT2D eigenvalue weighted by Gasteiger charge is 2.41. The molecule has 0 amide bonds. The number of rotatable bonds is 8. The average molecular weight is 405 g/mol. The molecule has 0 aliphatic carbocycles. The van der Waals surface area contributed by atoms with Gasteiger partial charge >= 0.3 is 11.9 Å². The van der Waals surface area contributed by atoms with E-state index in [1.165, 1.54) is 31.2 Å². The quantitative estimate of drug-likeness (QED) is 0.617. The van der Waals surface area contributed by atoms with Gasteiger partial charge in [-0.25, -0.2) is 8.42 Å². The topological polar surface area (TPSA) is 86.7 Å². The summed E-state index contributed by atoms with van der Waals surface area (Å²) in [6, 6.07) is 5.51. The van der Waals surface area contributed by atoms with E-state index in [0.717, 1.165) is 0 Å². The van der Waals surface area contributed by atoms with Crippen molar-refractivity contribution in [2.75, 3.05) is 0 Å². The van der Waals surface area contributed by atoms with Crippen LogP contribution in [0.5, 0.6) is 0 Å². The third-order valence-electron chi connectivity index (χ3n) is 3.43. The van der Waals surface area contributed by atoms with Crippen LogP contribution in [0.1, 0.15) is 41.0 Å². The normalized spacial score (nSPS) is 14.2. The van der Waals surface area contributed by atoms with Crippen LogP contribution in [0, 0.1) is 5.92 Å². The molecule has 0 saturated carbocycles. The Kier molecular flexibility index (Phi) is 8.09. The summed E-state index contributed by atoms with van der Waals surface area (Å²) in [4.78, 5) is 24.4. The fraction of sp³-hybridized carbons (Fsp3) is 0.556. The molecular weight excluding hydrogens is 380 g/mol. The Hall–Kier alpha value is -1.60. The zero-order chi connectivity index (χ0) is 20.1. The Morgan fingerprint density at radius 3 is 1.92 bits per heavy atom. The Labute approximate surface area is 159 Å². The molecule has 0 aliphatic heterocycles. The second-order valence-electron chi connectivity index (χ2n) is 6.63. The number of hydrogen-bond acceptors (Lipinski definition) is 6. The van der Waals surface area contributed by atoms with Gasteiger partial charge in [0.25, 0.3) is 0 Å². The Morgan fingerprint density at radius 2 is 1.46 bits per heavy atom. The van der Waals surface area contributed by atoms with Crippen molar-refractivity contribution in [3.05, 3.63) is 29.3 Å². The van der Waals surface area contributed by atoms with E-state index in [9.17, 15) is 18.0 Å². The largest absolute Gasteiger partial charge is 0.463 e. The lowest BCUT2D eigenvalue weighted by atomic mass is 10.0. The molecule has 1 aromatic rings. The molecule has 1 aromatic carbocycles. The van der Waals surface area contributed by atoms with Gasteiger partial charge in [0.05, 0.1) is 17.1 Å². The first-order valence-corrected chi connectivity index (χ1v) is 10.3. The van der Waals surface area contributed by atoms with Crippen molar-refractivity contribution in [2.24, 2.45) is 5.92 Å². The Morgan fingerprint density at radius 1 is 0.962 bits per heavy atom. The van der Waals surface area contributed by atoms with E-state index in [2.05, 4.69) is 0 Å². The molecular formula is C18H25ClO6S. The molecule has 0 aliphatic rings. The highest BCUT2D eigenvalue weighted by atomic mass is 35.5. The molecule has 2 unspecified atom stereocenters. The second-order valence-corrected chi connectivity index (χ2v) is 9.13. The minimum Gasteiger partial charge on any atom is -0.463 e. The number of hydrogen-bond donors (Lipinski definition) is 0. The number of carbonyl (C=O) groups excluding carboxylic acids is 2. The van der Waals surface area contributed by atoms with Gasteiger partial charge in [0.2, 0.25) is 0 Å². The predicted molar refractivity (Wildman–Crippen MR) is 98.7 cm³/mol. The first kappa shape index (κ1) is 22.4. The molecule has 0 saturated heterocycles. The van der Waals surface area contributed by atoms with Crippen molar-refractivity contribution < 1.29 is 27.5 Å². The molecule has 0 fully saturated rings. The lowest BCUT2D eigenvalue weighted by Crippen LogP contribution is -2.40.